The number of carbonyl (C=O) groups excluding carboxylic acids is 1. The number of hydrogen-bond acceptors (Lipinski definition) is 4. The quantitative estimate of drug-likeness (QED) is 0.264. The molecule has 0 aliphatic rings. The minimum Gasteiger partial charge on any atom is -0.293 e. The van der Waals surface area contributed by atoms with E-state index >= 15 is 0 Å². The molecule has 0 unspecified atom stereocenters. The van der Waals surface area contributed by atoms with Crippen LogP contribution in [0.15, 0.2) is 84.0 Å². The van der Waals surface area contributed by atoms with Gasteiger partial charge in [0, 0.05) is 26.9 Å². The Morgan fingerprint density at radius 2 is 1.45 bits per heavy atom. The Morgan fingerprint density at radius 1 is 0.828 bits per heavy atom. The van der Waals surface area contributed by atoms with Crippen LogP contribution in [0.25, 0.3) is 17.1 Å². The van der Waals surface area contributed by atoms with E-state index in [9.17, 15) is 4.79 Å². The Morgan fingerprint density at radius 3 is 2.10 bits per heavy atom. The lowest BCUT2D eigenvalue weighted by molar-refractivity contribution is 0.102. The highest BCUT2D eigenvalue weighted by molar-refractivity contribution is 7.99. The molecule has 0 saturated carbocycles. The van der Waals surface area contributed by atoms with Crippen molar-refractivity contribution in [2.75, 3.05) is 5.75 Å². The van der Waals surface area contributed by atoms with Crippen LogP contribution in [-0.2, 0) is 0 Å². The van der Waals surface area contributed by atoms with Crippen molar-refractivity contribution in [3.05, 3.63) is 94.5 Å². The van der Waals surface area contributed by atoms with Crippen LogP contribution < -0.4 is 0 Å². The largest absolute Gasteiger partial charge is 0.293 e. The second-order valence-corrected chi connectivity index (χ2v) is 8.02. The number of benzene rings is 3. The van der Waals surface area contributed by atoms with Crippen molar-refractivity contribution in [1.82, 2.24) is 14.8 Å². The molecule has 4 aromatic rings. The van der Waals surface area contributed by atoms with Gasteiger partial charge in [0.1, 0.15) is 0 Å². The first-order chi connectivity index (χ1) is 14.1. The normalized spacial score (nSPS) is 10.8. The van der Waals surface area contributed by atoms with Crippen molar-refractivity contribution in [3.8, 4) is 17.1 Å². The van der Waals surface area contributed by atoms with Crippen molar-refractivity contribution in [2.24, 2.45) is 0 Å². The summed E-state index contributed by atoms with van der Waals surface area (Å²) in [4.78, 5) is 12.6. The third-order valence-corrected chi connectivity index (χ3v) is 5.68. The van der Waals surface area contributed by atoms with Gasteiger partial charge in [0.15, 0.2) is 16.8 Å². The molecule has 0 spiro atoms. The second-order valence-electron chi connectivity index (χ2n) is 6.20. The molecule has 1 aromatic heterocycles. The maximum absolute atomic E-state index is 12.6. The predicted molar refractivity (Wildman–Crippen MR) is 118 cm³/mol. The highest BCUT2D eigenvalue weighted by atomic mass is 35.5. The summed E-state index contributed by atoms with van der Waals surface area (Å²) in [6.07, 6.45) is 0. The van der Waals surface area contributed by atoms with Gasteiger partial charge in [-0.25, -0.2) is 0 Å². The Bertz CT molecular complexity index is 1130. The van der Waals surface area contributed by atoms with Crippen molar-refractivity contribution in [3.63, 3.8) is 0 Å². The third-order valence-electron chi connectivity index (χ3n) is 4.25. The lowest BCUT2D eigenvalue weighted by atomic mass is 10.1. The first-order valence-corrected chi connectivity index (χ1v) is 10.5. The molecule has 7 heteroatoms. The van der Waals surface area contributed by atoms with Gasteiger partial charge in [-0.05, 0) is 60.7 Å². The molecular weight excluding hydrogens is 425 g/mol. The van der Waals surface area contributed by atoms with Crippen LogP contribution in [0, 0.1) is 0 Å². The van der Waals surface area contributed by atoms with Crippen molar-refractivity contribution in [2.45, 2.75) is 5.16 Å². The fraction of sp³-hybridized carbons (Fsp3) is 0.0455. The van der Waals surface area contributed by atoms with E-state index in [4.69, 9.17) is 23.2 Å². The van der Waals surface area contributed by atoms with Crippen LogP contribution >= 0.6 is 35.0 Å². The first-order valence-electron chi connectivity index (χ1n) is 8.80. The van der Waals surface area contributed by atoms with Crippen LogP contribution in [0.4, 0.5) is 0 Å². The van der Waals surface area contributed by atoms with Crippen LogP contribution in [0.5, 0.6) is 0 Å². The molecule has 0 aliphatic carbocycles. The zero-order valence-corrected chi connectivity index (χ0v) is 17.5. The maximum Gasteiger partial charge on any atom is 0.196 e. The molecule has 4 nitrogen and oxygen atoms in total. The van der Waals surface area contributed by atoms with Gasteiger partial charge in [0.2, 0.25) is 0 Å². The molecular formula is C22H15Cl2N3OS. The molecule has 0 radical (unpaired) electrons. The molecule has 4 rings (SSSR count). The molecule has 0 amide bonds. The average molecular weight is 440 g/mol. The van der Waals surface area contributed by atoms with E-state index in [1.54, 1.807) is 24.3 Å². The van der Waals surface area contributed by atoms with Crippen LogP contribution in [0.1, 0.15) is 10.4 Å². The van der Waals surface area contributed by atoms with E-state index in [2.05, 4.69) is 10.2 Å². The summed E-state index contributed by atoms with van der Waals surface area (Å²) in [5.74, 6) is 0.935. The molecule has 0 bridgehead atoms. The molecule has 0 atom stereocenters. The second kappa shape index (κ2) is 8.82. The monoisotopic (exact) mass is 439 g/mol. The fourth-order valence-corrected chi connectivity index (χ4v) is 3.91. The molecule has 0 aliphatic heterocycles. The first kappa shape index (κ1) is 19.7. The number of para-hydroxylation sites is 1. The van der Waals surface area contributed by atoms with Gasteiger partial charge in [-0.15, -0.1) is 10.2 Å². The van der Waals surface area contributed by atoms with Gasteiger partial charge >= 0.3 is 0 Å². The van der Waals surface area contributed by atoms with Crippen molar-refractivity contribution < 1.29 is 4.79 Å². The molecule has 29 heavy (non-hydrogen) atoms. The lowest BCUT2D eigenvalue weighted by Crippen LogP contribution is -2.05. The van der Waals surface area contributed by atoms with Crippen molar-refractivity contribution >= 4 is 40.7 Å². The molecule has 1 heterocycles. The average Bonchev–Trinajstić information content (AvgIpc) is 3.17. The number of ketones is 1. The molecule has 0 saturated heterocycles. The summed E-state index contributed by atoms with van der Waals surface area (Å²) in [5.41, 5.74) is 2.43. The summed E-state index contributed by atoms with van der Waals surface area (Å²) in [5, 5.41) is 10.6. The number of hydrogen-bond donors (Lipinski definition) is 0. The van der Waals surface area contributed by atoms with Crippen LogP contribution in [0.2, 0.25) is 10.0 Å². The van der Waals surface area contributed by atoms with Gasteiger partial charge in [-0.1, -0.05) is 53.2 Å². The number of carbonyl (C=O) groups is 1. The van der Waals surface area contributed by atoms with E-state index in [0.29, 0.717) is 26.6 Å². The SMILES string of the molecule is O=C(CSc1nnc(-c2ccc(Cl)cc2)n1-c1ccccc1)c1ccc(Cl)cc1. The van der Waals surface area contributed by atoms with E-state index in [0.717, 1.165) is 11.3 Å². The summed E-state index contributed by atoms with van der Waals surface area (Å²) in [6.45, 7) is 0. The molecule has 0 fully saturated rings. The Labute approximate surface area is 182 Å². The van der Waals surface area contributed by atoms with Crippen molar-refractivity contribution in [1.29, 1.82) is 0 Å². The predicted octanol–water partition coefficient (Wildman–Crippen LogP) is 6.22. The lowest BCUT2D eigenvalue weighted by Gasteiger charge is -2.10. The van der Waals surface area contributed by atoms with Crippen LogP contribution in [0.3, 0.4) is 0 Å². The highest BCUT2D eigenvalue weighted by Crippen LogP contribution is 2.29. The molecule has 144 valence electrons. The molecule has 3 aromatic carbocycles. The number of aromatic nitrogens is 3. The van der Waals surface area contributed by atoms with Gasteiger partial charge in [0.25, 0.3) is 0 Å². The Kier molecular flexibility index (Phi) is 6.00. The van der Waals surface area contributed by atoms with Gasteiger partial charge < -0.3 is 0 Å². The smallest absolute Gasteiger partial charge is 0.196 e. The summed E-state index contributed by atoms with van der Waals surface area (Å²) in [7, 11) is 0. The number of rotatable bonds is 6. The third kappa shape index (κ3) is 4.53. The zero-order chi connectivity index (χ0) is 20.2. The number of thioether (sulfide) groups is 1. The highest BCUT2D eigenvalue weighted by Gasteiger charge is 2.17. The number of Topliss-reactive ketones (excluding diaryl/α,β-unsaturated/α-hetero) is 1. The van der Waals surface area contributed by atoms with E-state index in [1.165, 1.54) is 11.8 Å². The van der Waals surface area contributed by atoms with Gasteiger partial charge in [0.05, 0.1) is 5.75 Å². The number of nitrogens with zero attached hydrogens (tertiary/aromatic N) is 3. The summed E-state index contributed by atoms with van der Waals surface area (Å²) < 4.78 is 1.95. The van der Waals surface area contributed by atoms with Gasteiger partial charge in [-0.3, -0.25) is 9.36 Å². The van der Waals surface area contributed by atoms with Crippen LogP contribution in [-0.4, -0.2) is 26.3 Å². The summed E-state index contributed by atoms with van der Waals surface area (Å²) in [6, 6.07) is 24.1. The van der Waals surface area contributed by atoms with E-state index in [-0.39, 0.29) is 11.5 Å². The van der Waals surface area contributed by atoms with E-state index < -0.39 is 0 Å². The fourth-order valence-electron chi connectivity index (χ4n) is 2.81. The minimum absolute atomic E-state index is 0.00215. The summed E-state index contributed by atoms with van der Waals surface area (Å²) >= 11 is 13.3. The zero-order valence-electron chi connectivity index (χ0n) is 15.1. The topological polar surface area (TPSA) is 47.8 Å². The van der Waals surface area contributed by atoms with Gasteiger partial charge in [-0.2, -0.15) is 0 Å². The maximum atomic E-state index is 12.6. The standard InChI is InChI=1S/C22H15Cl2N3OS/c23-17-10-6-15(7-11-17)20(28)14-29-22-26-25-21(16-8-12-18(24)13-9-16)27(22)19-4-2-1-3-5-19/h1-13H,14H2. The Balaban J connectivity index is 1.65. The number of halogens is 2. The Hall–Kier alpha value is -2.60. The molecule has 0 N–H and O–H groups in total. The van der Waals surface area contributed by atoms with E-state index in [1.807, 2.05) is 59.2 Å². The minimum atomic E-state index is 0.00215.